The molecule has 0 aliphatic carbocycles. The predicted molar refractivity (Wildman–Crippen MR) is 200 cm³/mol. The Balaban J connectivity index is 3.93. The van der Waals surface area contributed by atoms with Gasteiger partial charge in [0, 0.05) is 19.4 Å². The second-order valence-electron chi connectivity index (χ2n) is 15.5. The maximum atomic E-state index is 12.2. The molecule has 0 heterocycles. The van der Waals surface area contributed by atoms with Crippen LogP contribution in [-0.2, 0) is 19.1 Å². The molecule has 280 valence electrons. The van der Waals surface area contributed by atoms with Crippen molar-refractivity contribution in [1.29, 1.82) is 0 Å². The van der Waals surface area contributed by atoms with E-state index in [2.05, 4.69) is 39.5 Å². The maximum absolute atomic E-state index is 12.2. The minimum absolute atomic E-state index is 0.0241. The summed E-state index contributed by atoms with van der Waals surface area (Å²) in [6.07, 6.45) is 29.1. The Labute approximate surface area is 292 Å². The van der Waals surface area contributed by atoms with Gasteiger partial charge >= 0.3 is 11.9 Å². The van der Waals surface area contributed by atoms with E-state index in [1.807, 2.05) is 0 Å². The molecule has 0 atom stereocenters. The molecule has 6 heteroatoms. The molecule has 0 aromatic heterocycles. The molecule has 0 amide bonds. The lowest BCUT2D eigenvalue weighted by Crippen LogP contribution is -2.27. The summed E-state index contributed by atoms with van der Waals surface area (Å²) >= 11 is 0. The molecule has 0 saturated carbocycles. The zero-order chi connectivity index (χ0) is 34.9. The van der Waals surface area contributed by atoms with Crippen molar-refractivity contribution in [3.63, 3.8) is 0 Å². The lowest BCUT2D eigenvalue weighted by molar-refractivity contribution is -0.147. The van der Waals surface area contributed by atoms with Gasteiger partial charge in [-0.05, 0) is 82.3 Å². The van der Waals surface area contributed by atoms with Gasteiger partial charge in [0.2, 0.25) is 0 Å². The second kappa shape index (κ2) is 33.4. The monoisotopic (exact) mass is 668 g/mol. The van der Waals surface area contributed by atoms with Gasteiger partial charge in [0.05, 0.1) is 13.2 Å². The average Bonchev–Trinajstić information content (AvgIpc) is 3.03. The Morgan fingerprint density at radius 2 is 1.06 bits per heavy atom. The number of carbonyl (C=O) groups is 2. The highest BCUT2D eigenvalue weighted by atomic mass is 16.5. The maximum Gasteiger partial charge on any atom is 0.305 e. The summed E-state index contributed by atoms with van der Waals surface area (Å²) in [6.45, 7) is 15.9. The third-order valence-corrected chi connectivity index (χ3v) is 9.36. The van der Waals surface area contributed by atoms with Crippen LogP contribution in [0, 0.1) is 11.3 Å². The van der Waals surface area contributed by atoms with Crippen molar-refractivity contribution in [2.24, 2.45) is 11.3 Å². The Morgan fingerprint density at radius 3 is 1.64 bits per heavy atom. The minimum Gasteiger partial charge on any atom is -0.466 e. The molecule has 0 radical (unpaired) electrons. The molecule has 0 unspecified atom stereocenters. The van der Waals surface area contributed by atoms with Crippen LogP contribution in [0.2, 0.25) is 0 Å². The van der Waals surface area contributed by atoms with Crippen molar-refractivity contribution >= 4 is 11.9 Å². The first-order chi connectivity index (χ1) is 22.7. The number of aliphatic hydroxyl groups is 1. The number of aliphatic hydroxyl groups excluding tert-OH is 1. The molecule has 0 bridgehead atoms. The Hall–Kier alpha value is -1.14. The van der Waals surface area contributed by atoms with Crippen LogP contribution >= 0.6 is 0 Å². The van der Waals surface area contributed by atoms with Crippen molar-refractivity contribution in [3.05, 3.63) is 0 Å². The molecule has 0 fully saturated rings. The van der Waals surface area contributed by atoms with Crippen LogP contribution in [0.5, 0.6) is 0 Å². The highest BCUT2D eigenvalue weighted by Crippen LogP contribution is 2.25. The summed E-state index contributed by atoms with van der Waals surface area (Å²) in [5.74, 6) is 0.733. The summed E-state index contributed by atoms with van der Waals surface area (Å²) in [6, 6.07) is 0. The number of ether oxygens (including phenoxy) is 2. The van der Waals surface area contributed by atoms with Gasteiger partial charge in [0.25, 0.3) is 0 Å². The van der Waals surface area contributed by atoms with E-state index in [1.54, 1.807) is 0 Å². The third-order valence-electron chi connectivity index (χ3n) is 9.36. The largest absolute Gasteiger partial charge is 0.466 e. The van der Waals surface area contributed by atoms with Gasteiger partial charge in [0.15, 0.2) is 0 Å². The van der Waals surface area contributed by atoms with Gasteiger partial charge in [-0.2, -0.15) is 0 Å². The van der Waals surface area contributed by atoms with E-state index in [4.69, 9.17) is 9.47 Å². The lowest BCUT2D eigenvalue weighted by Gasteiger charge is -2.25. The Morgan fingerprint density at radius 1 is 0.596 bits per heavy atom. The van der Waals surface area contributed by atoms with Crippen molar-refractivity contribution in [2.75, 3.05) is 39.5 Å². The molecular weight excluding hydrogens is 586 g/mol. The highest BCUT2D eigenvalue weighted by molar-refractivity contribution is 5.69. The van der Waals surface area contributed by atoms with Crippen LogP contribution in [0.1, 0.15) is 202 Å². The average molecular weight is 668 g/mol. The van der Waals surface area contributed by atoms with Gasteiger partial charge in [-0.25, -0.2) is 0 Å². The molecule has 0 aromatic carbocycles. The Bertz CT molecular complexity index is 695. The first-order valence-electron chi connectivity index (χ1n) is 20.3. The van der Waals surface area contributed by atoms with Crippen molar-refractivity contribution < 1.29 is 24.2 Å². The first kappa shape index (κ1) is 45.9. The van der Waals surface area contributed by atoms with Crippen LogP contribution in [-0.4, -0.2) is 61.4 Å². The number of carbonyl (C=O) groups excluding carboxylic acids is 2. The molecule has 6 nitrogen and oxygen atoms in total. The number of hydrogen-bond donors (Lipinski definition) is 1. The van der Waals surface area contributed by atoms with Crippen LogP contribution in [0.25, 0.3) is 0 Å². The molecular formula is C41H81NO5. The lowest BCUT2D eigenvalue weighted by atomic mass is 9.88. The summed E-state index contributed by atoms with van der Waals surface area (Å²) < 4.78 is 11.1. The zero-order valence-electron chi connectivity index (χ0n) is 32.2. The van der Waals surface area contributed by atoms with Gasteiger partial charge in [0.1, 0.15) is 0 Å². The van der Waals surface area contributed by atoms with Gasteiger partial charge in [-0.1, -0.05) is 137 Å². The van der Waals surface area contributed by atoms with Crippen molar-refractivity contribution in [3.8, 4) is 0 Å². The van der Waals surface area contributed by atoms with Crippen LogP contribution in [0.15, 0.2) is 0 Å². The topological polar surface area (TPSA) is 76.1 Å². The molecule has 47 heavy (non-hydrogen) atoms. The summed E-state index contributed by atoms with van der Waals surface area (Å²) in [4.78, 5) is 26.8. The smallest absolute Gasteiger partial charge is 0.305 e. The first-order valence-corrected chi connectivity index (χ1v) is 20.3. The number of unbranched alkanes of at least 4 members (excludes halogenated alkanes) is 17. The fourth-order valence-corrected chi connectivity index (χ4v) is 6.12. The number of esters is 2. The molecule has 0 aromatic rings. The number of nitrogens with zero attached hydrogens (tertiary/aromatic N) is 1. The normalized spacial score (nSPS) is 11.9. The fraction of sp³-hybridized carbons (Fsp3) is 0.951. The summed E-state index contributed by atoms with van der Waals surface area (Å²) in [5, 5.41) is 9.24. The number of hydrogen-bond acceptors (Lipinski definition) is 6. The zero-order valence-corrected chi connectivity index (χ0v) is 32.2. The van der Waals surface area contributed by atoms with E-state index < -0.39 is 0 Å². The van der Waals surface area contributed by atoms with E-state index in [9.17, 15) is 14.7 Å². The third kappa shape index (κ3) is 34.5. The van der Waals surface area contributed by atoms with Crippen molar-refractivity contribution in [1.82, 2.24) is 4.90 Å². The summed E-state index contributed by atoms with van der Waals surface area (Å²) in [7, 11) is 0. The van der Waals surface area contributed by atoms with Gasteiger partial charge in [-0.3, -0.25) is 9.59 Å². The SMILES string of the molecule is CCCCCCCCCOC(=O)CCCCCCCN(CCCCO)CCCCCC(C)(C)COC(=O)CCCCCCCC(C)C. The van der Waals surface area contributed by atoms with E-state index in [-0.39, 0.29) is 24.0 Å². The van der Waals surface area contributed by atoms with Crippen LogP contribution < -0.4 is 0 Å². The molecule has 1 N–H and O–H groups in total. The minimum atomic E-state index is -0.0321. The Kier molecular flexibility index (Phi) is 32.6. The quantitative estimate of drug-likeness (QED) is 0.0529. The van der Waals surface area contributed by atoms with E-state index in [0.29, 0.717) is 26.1 Å². The van der Waals surface area contributed by atoms with E-state index >= 15 is 0 Å². The molecule has 0 rings (SSSR count). The van der Waals surface area contributed by atoms with E-state index in [0.717, 1.165) is 83.3 Å². The van der Waals surface area contributed by atoms with Crippen molar-refractivity contribution in [2.45, 2.75) is 202 Å². The van der Waals surface area contributed by atoms with Gasteiger partial charge < -0.3 is 19.5 Å². The van der Waals surface area contributed by atoms with Crippen LogP contribution in [0.3, 0.4) is 0 Å². The molecule has 0 saturated heterocycles. The standard InChI is InChI=1S/C41H81NO5/c1-6-7-8-9-10-17-27-36-46-39(44)29-20-15-12-16-23-32-42(34-25-26-35-43)33-24-18-22-31-41(4,5)37-47-40(45)30-21-14-11-13-19-28-38(2)3/h38,43H,6-37H2,1-5H3. The summed E-state index contributed by atoms with van der Waals surface area (Å²) in [5.41, 5.74) is 0.0254. The number of rotatable bonds is 36. The molecule has 0 aliphatic rings. The van der Waals surface area contributed by atoms with Crippen LogP contribution in [0.4, 0.5) is 0 Å². The highest BCUT2D eigenvalue weighted by Gasteiger charge is 2.20. The van der Waals surface area contributed by atoms with E-state index in [1.165, 1.54) is 96.3 Å². The molecule has 0 spiro atoms. The predicted octanol–water partition coefficient (Wildman–Crippen LogP) is 11.2. The fourth-order valence-electron chi connectivity index (χ4n) is 6.12. The second-order valence-corrected chi connectivity index (χ2v) is 15.5. The van der Waals surface area contributed by atoms with Gasteiger partial charge in [-0.15, -0.1) is 0 Å². The molecule has 0 aliphatic heterocycles.